The van der Waals surface area contributed by atoms with Gasteiger partial charge >= 0.3 is 0 Å². The van der Waals surface area contributed by atoms with E-state index in [2.05, 4.69) is 0 Å². The number of thiophene rings is 1. The van der Waals surface area contributed by atoms with Crippen molar-refractivity contribution >= 4 is 45.6 Å². The second-order valence-corrected chi connectivity index (χ2v) is 12.8. The first-order valence-corrected chi connectivity index (χ1v) is 14.3. The number of fused-ring (bicyclic) bond motifs is 3. The van der Waals surface area contributed by atoms with Crippen LogP contribution in [0.5, 0.6) is 0 Å². The number of benzene rings is 3. The van der Waals surface area contributed by atoms with Gasteiger partial charge in [-0.3, -0.25) is 4.79 Å². The summed E-state index contributed by atoms with van der Waals surface area (Å²) in [5.41, 5.74) is 2.48. The third-order valence-electron chi connectivity index (χ3n) is 6.84. The molecule has 3 aromatic carbocycles. The van der Waals surface area contributed by atoms with Crippen LogP contribution in [0.2, 0.25) is 0 Å². The predicted molar refractivity (Wildman–Crippen MR) is 141 cm³/mol. The summed E-state index contributed by atoms with van der Waals surface area (Å²) in [7, 11) is -3.42. The third kappa shape index (κ3) is 3.36. The minimum atomic E-state index is -3.42. The van der Waals surface area contributed by atoms with Gasteiger partial charge in [-0.15, -0.1) is 11.3 Å². The van der Waals surface area contributed by atoms with Crippen molar-refractivity contribution in [2.75, 3.05) is 0 Å². The SMILES string of the molecule is O=C1c2c(sc3c2CCCC3)N=C(c2ccccc2)C1P(=O)(c1ccccc1)c1ccccc1. The van der Waals surface area contributed by atoms with E-state index in [1.807, 2.05) is 91.0 Å². The Balaban J connectivity index is 1.65. The number of ketones is 1. The summed E-state index contributed by atoms with van der Waals surface area (Å²) in [6, 6.07) is 28.8. The highest BCUT2D eigenvalue weighted by Crippen LogP contribution is 2.55. The lowest BCUT2D eigenvalue weighted by atomic mass is 9.90. The van der Waals surface area contributed by atoms with E-state index in [4.69, 9.17) is 4.99 Å². The molecule has 34 heavy (non-hydrogen) atoms. The second-order valence-electron chi connectivity index (χ2n) is 8.85. The van der Waals surface area contributed by atoms with E-state index in [1.165, 1.54) is 4.88 Å². The fraction of sp³-hybridized carbons (Fsp3) is 0.172. The average Bonchev–Trinajstić information content (AvgIpc) is 3.28. The van der Waals surface area contributed by atoms with Crippen molar-refractivity contribution in [3.8, 4) is 0 Å². The molecular formula is C29H24NO2PS. The highest BCUT2D eigenvalue weighted by Gasteiger charge is 2.49. The minimum absolute atomic E-state index is 0.0423. The molecule has 168 valence electrons. The van der Waals surface area contributed by atoms with Gasteiger partial charge in [0.1, 0.15) is 10.7 Å². The molecule has 3 nitrogen and oxygen atoms in total. The van der Waals surface area contributed by atoms with E-state index >= 15 is 4.57 Å². The Hall–Kier alpha value is -3.07. The Morgan fingerprint density at radius 2 is 1.32 bits per heavy atom. The Bertz CT molecular complexity index is 1400. The van der Waals surface area contributed by atoms with Gasteiger partial charge in [0, 0.05) is 15.5 Å². The second kappa shape index (κ2) is 8.61. The van der Waals surface area contributed by atoms with Crippen LogP contribution in [0.15, 0.2) is 96.0 Å². The molecule has 0 radical (unpaired) electrons. The smallest absolute Gasteiger partial charge is 0.183 e. The molecule has 1 aliphatic heterocycles. The number of carbonyl (C=O) groups is 1. The lowest BCUT2D eigenvalue weighted by Gasteiger charge is -2.31. The van der Waals surface area contributed by atoms with Crippen LogP contribution < -0.4 is 10.6 Å². The zero-order chi connectivity index (χ0) is 23.1. The number of hydrogen-bond donors (Lipinski definition) is 0. The molecule has 0 N–H and O–H groups in total. The zero-order valence-corrected chi connectivity index (χ0v) is 20.4. The number of rotatable bonds is 4. The molecule has 4 aromatic rings. The monoisotopic (exact) mass is 481 g/mol. The fourth-order valence-electron chi connectivity index (χ4n) is 5.23. The lowest BCUT2D eigenvalue weighted by molar-refractivity contribution is 0.100. The summed E-state index contributed by atoms with van der Waals surface area (Å²) < 4.78 is 15.4. The van der Waals surface area contributed by atoms with Crippen molar-refractivity contribution in [1.29, 1.82) is 0 Å². The van der Waals surface area contributed by atoms with Crippen molar-refractivity contribution in [3.05, 3.63) is 113 Å². The zero-order valence-electron chi connectivity index (χ0n) is 18.7. The highest BCUT2D eigenvalue weighted by atomic mass is 32.1. The summed E-state index contributed by atoms with van der Waals surface area (Å²) in [6.07, 6.45) is 4.12. The van der Waals surface area contributed by atoms with Crippen molar-refractivity contribution in [3.63, 3.8) is 0 Å². The van der Waals surface area contributed by atoms with Crippen LogP contribution >= 0.6 is 18.5 Å². The molecule has 2 heterocycles. The first-order valence-electron chi connectivity index (χ1n) is 11.7. The predicted octanol–water partition coefficient (Wildman–Crippen LogP) is 6.33. The Morgan fingerprint density at radius 3 is 1.94 bits per heavy atom. The molecule has 2 aliphatic rings. The van der Waals surface area contributed by atoms with Crippen molar-refractivity contribution in [1.82, 2.24) is 0 Å². The Kier molecular flexibility index (Phi) is 5.44. The third-order valence-corrected chi connectivity index (χ3v) is 11.4. The summed E-state index contributed by atoms with van der Waals surface area (Å²) in [5, 5.41) is 2.17. The van der Waals surface area contributed by atoms with Crippen molar-refractivity contribution < 1.29 is 9.36 Å². The van der Waals surface area contributed by atoms with Crippen LogP contribution in [0.25, 0.3) is 0 Å². The van der Waals surface area contributed by atoms with E-state index in [1.54, 1.807) is 11.3 Å². The standard InChI is InChI=1S/C29H24NO2PS/c31-27-25-23-18-10-11-19-24(23)34-29(25)30-26(20-12-4-1-5-13-20)28(27)33(32,21-14-6-2-7-15-21)22-16-8-3-9-17-22/h1-9,12-17,28H,10-11,18-19H2. The van der Waals surface area contributed by atoms with E-state index in [0.29, 0.717) is 16.3 Å². The molecule has 0 bridgehead atoms. The van der Waals surface area contributed by atoms with Gasteiger partial charge < -0.3 is 4.57 Å². The van der Waals surface area contributed by atoms with Gasteiger partial charge in [-0.25, -0.2) is 4.99 Å². The lowest BCUT2D eigenvalue weighted by Crippen LogP contribution is -2.40. The molecule has 1 unspecified atom stereocenters. The van der Waals surface area contributed by atoms with Crippen LogP contribution in [0, 0.1) is 0 Å². The average molecular weight is 482 g/mol. The molecule has 1 aliphatic carbocycles. The summed E-state index contributed by atoms with van der Waals surface area (Å²) in [4.78, 5) is 20.9. The number of carbonyl (C=O) groups excluding carboxylic acids is 1. The van der Waals surface area contributed by atoms with E-state index in [-0.39, 0.29) is 5.78 Å². The van der Waals surface area contributed by atoms with Gasteiger partial charge in [0.15, 0.2) is 12.9 Å². The quantitative estimate of drug-likeness (QED) is 0.320. The van der Waals surface area contributed by atoms with E-state index in [9.17, 15) is 4.79 Å². The van der Waals surface area contributed by atoms with E-state index in [0.717, 1.165) is 47.4 Å². The number of hydrogen-bond acceptors (Lipinski definition) is 4. The van der Waals surface area contributed by atoms with E-state index < -0.39 is 12.8 Å². The molecule has 5 heteroatoms. The molecule has 0 spiro atoms. The number of aliphatic imine (C=N–C) groups is 1. The molecule has 0 amide bonds. The molecule has 1 aromatic heterocycles. The Labute approximate surface area is 203 Å². The van der Waals surface area contributed by atoms with Crippen LogP contribution in [0.4, 0.5) is 5.00 Å². The number of aryl methyl sites for hydroxylation is 1. The van der Waals surface area contributed by atoms with Gasteiger partial charge in [-0.05, 0) is 36.8 Å². The minimum Gasteiger partial charge on any atom is -0.312 e. The van der Waals surface area contributed by atoms with Gasteiger partial charge in [0.25, 0.3) is 0 Å². The maximum Gasteiger partial charge on any atom is 0.183 e. The number of nitrogens with zero attached hydrogens (tertiary/aromatic N) is 1. The molecule has 0 saturated carbocycles. The molecular weight excluding hydrogens is 457 g/mol. The van der Waals surface area contributed by atoms with Crippen LogP contribution in [0.1, 0.15) is 39.2 Å². The van der Waals surface area contributed by atoms with Gasteiger partial charge in [-0.2, -0.15) is 0 Å². The van der Waals surface area contributed by atoms with Crippen molar-refractivity contribution in [2.45, 2.75) is 31.3 Å². The molecule has 1 atom stereocenters. The number of Topliss-reactive ketones (excluding diaryl/α,β-unsaturated/α-hetero) is 1. The van der Waals surface area contributed by atoms with Crippen LogP contribution in [-0.4, -0.2) is 17.2 Å². The van der Waals surface area contributed by atoms with Gasteiger partial charge in [-0.1, -0.05) is 91.0 Å². The van der Waals surface area contributed by atoms with Gasteiger partial charge in [0.05, 0.1) is 11.3 Å². The summed E-state index contributed by atoms with van der Waals surface area (Å²) in [6.45, 7) is 0. The summed E-state index contributed by atoms with van der Waals surface area (Å²) in [5.74, 6) is -0.0423. The highest BCUT2D eigenvalue weighted by molar-refractivity contribution is 7.81. The topological polar surface area (TPSA) is 46.5 Å². The maximum absolute atomic E-state index is 15.4. The first-order chi connectivity index (χ1) is 16.7. The molecule has 0 fully saturated rings. The largest absolute Gasteiger partial charge is 0.312 e. The van der Waals surface area contributed by atoms with Crippen molar-refractivity contribution in [2.24, 2.45) is 4.99 Å². The fourth-order valence-corrected chi connectivity index (χ4v) is 9.64. The molecule has 0 saturated heterocycles. The summed E-state index contributed by atoms with van der Waals surface area (Å²) >= 11 is 1.65. The normalized spacial score (nSPS) is 17.6. The van der Waals surface area contributed by atoms with Crippen LogP contribution in [-0.2, 0) is 17.4 Å². The molecule has 6 rings (SSSR count). The van der Waals surface area contributed by atoms with Crippen LogP contribution in [0.3, 0.4) is 0 Å². The first kappa shape index (κ1) is 21.5. The Morgan fingerprint density at radius 1 is 0.765 bits per heavy atom. The maximum atomic E-state index is 15.4. The van der Waals surface area contributed by atoms with Gasteiger partial charge in [0.2, 0.25) is 0 Å².